The minimum absolute atomic E-state index is 0. The standard InChI is InChI=1S/2C24H27.C6H10.2ClH.Hf/c2*1-17(2)18-11-13-20(14-12-18)23-10-6-9-21-15-22(16-24(21)23)19-7-4-3-5-8-19;1-2-4-6-5-3-1;;;/h2*6,9-17,19H,3-5,7-8H2,1-2H3;1-2H,3-6H2;2*1H;. The van der Waals surface area contributed by atoms with Crippen LogP contribution in [0.5, 0.6) is 0 Å². The molecule has 4 atom stereocenters. The molecule has 0 radical (unpaired) electrons. The van der Waals surface area contributed by atoms with Crippen LogP contribution in [0.25, 0.3) is 34.4 Å². The maximum Gasteiger partial charge on any atom is -0.147 e. The topological polar surface area (TPSA) is 0 Å². The van der Waals surface area contributed by atoms with Gasteiger partial charge in [0.05, 0.1) is 0 Å². The molecule has 6 aliphatic rings. The predicted octanol–water partition coefficient (Wildman–Crippen LogP) is 17.2. The summed E-state index contributed by atoms with van der Waals surface area (Å²) < 4.78 is 3.56. The molecule has 3 saturated carbocycles. The zero-order chi connectivity index (χ0) is 37.3. The van der Waals surface area contributed by atoms with E-state index in [1.54, 1.807) is 22.3 Å². The van der Waals surface area contributed by atoms with Gasteiger partial charge in [-0.25, -0.2) is 0 Å². The van der Waals surface area contributed by atoms with Crippen LogP contribution in [0.1, 0.15) is 170 Å². The van der Waals surface area contributed by atoms with Gasteiger partial charge in [0.1, 0.15) is 0 Å². The SMILES string of the molecule is CC(C)c1ccc(-c2cccc3c2C=C(C2CCCCC2)[CH]3[Hf]2([CH]3C(C4CCCCC4)=Cc4c(-c5ccc(C(C)C)cc5)cccc43)[CH]3CCCC[CH]32)cc1.Cl.Cl. The zero-order valence-electron chi connectivity index (χ0n) is 35.1. The van der Waals surface area contributed by atoms with Crippen molar-refractivity contribution >= 4 is 37.0 Å². The van der Waals surface area contributed by atoms with Gasteiger partial charge in [-0.3, -0.25) is 0 Å². The third-order valence-electron chi connectivity index (χ3n) is 16.1. The number of hydrogen-bond acceptors (Lipinski definition) is 0. The molecule has 4 aromatic rings. The molecule has 1 aliphatic heterocycles. The van der Waals surface area contributed by atoms with Gasteiger partial charge in [-0.1, -0.05) is 0 Å². The maximum atomic E-state index is 2.86. The smallest absolute Gasteiger partial charge is 0.147 e. The van der Waals surface area contributed by atoms with Crippen LogP contribution in [0.15, 0.2) is 96.1 Å². The Hall–Kier alpha value is -2.19. The van der Waals surface area contributed by atoms with Gasteiger partial charge in [-0.05, 0) is 0 Å². The van der Waals surface area contributed by atoms with Gasteiger partial charge in [-0.15, -0.1) is 24.8 Å². The molecular weight excluding hydrogens is 898 g/mol. The van der Waals surface area contributed by atoms with Crippen LogP contribution in [0.4, 0.5) is 0 Å². The summed E-state index contributed by atoms with van der Waals surface area (Å²) in [6.07, 6.45) is 25.9. The molecule has 0 spiro atoms. The number of fused-ring (bicyclic) bond motifs is 3. The van der Waals surface area contributed by atoms with Gasteiger partial charge in [0.15, 0.2) is 0 Å². The third-order valence-corrected chi connectivity index (χ3v) is 40.7. The molecule has 5 aliphatic carbocycles. The van der Waals surface area contributed by atoms with E-state index in [1.165, 1.54) is 123 Å². The summed E-state index contributed by atoms with van der Waals surface area (Å²) in [5, 5.41) is 0. The summed E-state index contributed by atoms with van der Waals surface area (Å²) in [4.78, 5) is 0. The van der Waals surface area contributed by atoms with Gasteiger partial charge in [0.25, 0.3) is 0 Å². The summed E-state index contributed by atoms with van der Waals surface area (Å²) in [6.45, 7) is 9.29. The molecule has 0 aromatic heterocycles. The van der Waals surface area contributed by atoms with E-state index in [-0.39, 0.29) is 24.8 Å². The van der Waals surface area contributed by atoms with Gasteiger partial charge in [0, 0.05) is 0 Å². The molecule has 4 unspecified atom stereocenters. The molecule has 57 heavy (non-hydrogen) atoms. The molecule has 4 fully saturated rings. The fraction of sp³-hybridized carbons (Fsp3) is 0.481. The van der Waals surface area contributed by atoms with E-state index in [9.17, 15) is 0 Å². The van der Waals surface area contributed by atoms with Crippen molar-refractivity contribution in [2.75, 3.05) is 0 Å². The molecule has 3 heteroatoms. The van der Waals surface area contributed by atoms with Crippen LogP contribution in [0, 0.1) is 11.8 Å². The average molecular weight is 965 g/mol. The quantitative estimate of drug-likeness (QED) is 0.154. The van der Waals surface area contributed by atoms with Crippen molar-refractivity contribution < 1.29 is 20.0 Å². The molecule has 1 saturated heterocycles. The summed E-state index contributed by atoms with van der Waals surface area (Å²) in [5.41, 5.74) is 19.4. The van der Waals surface area contributed by atoms with Gasteiger partial charge in [-0.2, -0.15) is 0 Å². The number of halogens is 2. The van der Waals surface area contributed by atoms with Crippen molar-refractivity contribution in [3.63, 3.8) is 0 Å². The number of benzene rings is 4. The third kappa shape index (κ3) is 7.08. The van der Waals surface area contributed by atoms with Crippen LogP contribution < -0.4 is 0 Å². The van der Waals surface area contributed by atoms with E-state index in [0.717, 1.165) is 26.5 Å². The fourth-order valence-corrected chi connectivity index (χ4v) is 49.0. The monoisotopic (exact) mass is 964 g/mol. The van der Waals surface area contributed by atoms with Crippen LogP contribution in [-0.2, 0) is 20.0 Å². The number of hydrogen-bond donors (Lipinski definition) is 0. The first-order valence-electron chi connectivity index (χ1n) is 22.8. The predicted molar refractivity (Wildman–Crippen MR) is 247 cm³/mol. The second-order valence-corrected chi connectivity index (χ2v) is 36.2. The minimum atomic E-state index is -3.38. The van der Waals surface area contributed by atoms with Crippen molar-refractivity contribution in [2.45, 2.75) is 144 Å². The van der Waals surface area contributed by atoms with Crippen LogP contribution in [-0.4, -0.2) is 0 Å². The summed E-state index contributed by atoms with van der Waals surface area (Å²) >= 11 is -3.38. The minimum Gasteiger partial charge on any atom is -0.147 e. The molecule has 0 N–H and O–H groups in total. The Morgan fingerprint density at radius 2 is 0.807 bits per heavy atom. The Balaban J connectivity index is 0.00000228. The van der Waals surface area contributed by atoms with Crippen molar-refractivity contribution in [1.29, 1.82) is 0 Å². The van der Waals surface area contributed by atoms with E-state index in [1.807, 2.05) is 11.1 Å². The Kier molecular flexibility index (Phi) is 12.4. The van der Waals surface area contributed by atoms with E-state index < -0.39 is 20.0 Å². The van der Waals surface area contributed by atoms with E-state index in [2.05, 4.69) is 125 Å². The van der Waals surface area contributed by atoms with Crippen LogP contribution in [0.3, 0.4) is 0 Å². The number of allylic oxidation sites excluding steroid dienone is 2. The first kappa shape index (κ1) is 41.5. The molecular formula is C54H66Cl2Hf. The Morgan fingerprint density at radius 3 is 1.18 bits per heavy atom. The van der Waals surface area contributed by atoms with Crippen molar-refractivity contribution in [3.8, 4) is 22.3 Å². The molecule has 4 aromatic carbocycles. The van der Waals surface area contributed by atoms with Crippen molar-refractivity contribution in [2.24, 2.45) is 11.8 Å². The first-order chi connectivity index (χ1) is 26.9. The molecule has 10 rings (SSSR count). The average Bonchev–Trinajstić information content (AvgIpc) is 3.49. The van der Waals surface area contributed by atoms with Gasteiger partial charge in [0.2, 0.25) is 0 Å². The summed E-state index contributed by atoms with van der Waals surface area (Å²) in [7, 11) is 0. The van der Waals surface area contributed by atoms with Crippen LogP contribution >= 0.6 is 24.8 Å². The maximum absolute atomic E-state index is 3.38. The van der Waals surface area contributed by atoms with E-state index >= 15 is 0 Å². The number of rotatable bonds is 8. The van der Waals surface area contributed by atoms with Crippen molar-refractivity contribution in [3.05, 3.63) is 129 Å². The van der Waals surface area contributed by atoms with Crippen LogP contribution in [0.2, 0.25) is 7.35 Å². The van der Waals surface area contributed by atoms with Gasteiger partial charge >= 0.3 is 340 Å². The second kappa shape index (κ2) is 17.1. The molecule has 0 nitrogen and oxygen atoms in total. The van der Waals surface area contributed by atoms with E-state index in [4.69, 9.17) is 0 Å². The molecule has 1 heterocycles. The first-order valence-corrected chi connectivity index (χ1v) is 31.1. The zero-order valence-corrected chi connectivity index (χ0v) is 40.3. The molecule has 0 bridgehead atoms. The normalized spacial score (nSPS) is 26.8. The molecule has 300 valence electrons. The largest absolute Gasteiger partial charge is 0.147 e. The summed E-state index contributed by atoms with van der Waals surface area (Å²) in [6, 6.07) is 34.6. The second-order valence-electron chi connectivity index (χ2n) is 19.5. The molecule has 0 amide bonds. The fourth-order valence-electron chi connectivity index (χ4n) is 13.4. The van der Waals surface area contributed by atoms with Gasteiger partial charge < -0.3 is 0 Å². The Bertz CT molecular complexity index is 1950. The van der Waals surface area contributed by atoms with E-state index in [0.29, 0.717) is 11.8 Å². The summed E-state index contributed by atoms with van der Waals surface area (Å²) in [5.74, 6) is 2.67. The Morgan fingerprint density at radius 1 is 0.439 bits per heavy atom. The van der Waals surface area contributed by atoms with Crippen molar-refractivity contribution in [1.82, 2.24) is 0 Å². The Labute approximate surface area is 362 Å².